The first-order valence-electron chi connectivity index (χ1n) is 7.73. The predicted octanol–water partition coefficient (Wildman–Crippen LogP) is 1.91. The zero-order chi connectivity index (χ0) is 18.6. The Labute approximate surface area is 146 Å². The van der Waals surface area contributed by atoms with Crippen molar-refractivity contribution >= 4 is 11.9 Å². The molecule has 0 spiro atoms. The molecule has 0 aliphatic carbocycles. The maximum atomic E-state index is 12.3. The molecule has 1 amide bonds. The summed E-state index contributed by atoms with van der Waals surface area (Å²) >= 11 is 0. The van der Waals surface area contributed by atoms with Gasteiger partial charge >= 0.3 is 5.97 Å². The molecule has 2 N–H and O–H groups in total. The third-order valence-corrected chi connectivity index (χ3v) is 4.00. The highest BCUT2D eigenvalue weighted by molar-refractivity contribution is 5.93. The van der Waals surface area contributed by atoms with Crippen LogP contribution in [0.3, 0.4) is 0 Å². The van der Waals surface area contributed by atoms with Gasteiger partial charge in [-0.15, -0.1) is 0 Å². The number of carbonyl (C=O) groups excluding carboxylic acids is 1. The van der Waals surface area contributed by atoms with Crippen LogP contribution >= 0.6 is 0 Å². The Morgan fingerprint density at radius 2 is 1.96 bits per heavy atom. The van der Waals surface area contributed by atoms with E-state index in [0.717, 1.165) is 5.56 Å². The fourth-order valence-electron chi connectivity index (χ4n) is 2.77. The second-order valence-corrected chi connectivity index (χ2v) is 5.68. The summed E-state index contributed by atoms with van der Waals surface area (Å²) in [7, 11) is 4.85. The molecule has 7 heteroatoms. The van der Waals surface area contributed by atoms with Gasteiger partial charge in [-0.1, -0.05) is 0 Å². The van der Waals surface area contributed by atoms with Gasteiger partial charge in [-0.25, -0.2) is 4.79 Å². The normalized spacial score (nSPS) is 10.4. The molecule has 0 unspecified atom stereocenters. The number of amides is 1. The topological polar surface area (TPSA) is 89.8 Å². The van der Waals surface area contributed by atoms with Crippen molar-refractivity contribution < 1.29 is 24.2 Å². The van der Waals surface area contributed by atoms with Crippen LogP contribution in [0.5, 0.6) is 11.5 Å². The van der Waals surface area contributed by atoms with Crippen LogP contribution in [-0.2, 0) is 24.8 Å². The number of nitrogens with one attached hydrogen (secondary N) is 1. The van der Waals surface area contributed by atoms with E-state index >= 15 is 0 Å². The summed E-state index contributed by atoms with van der Waals surface area (Å²) in [4.78, 5) is 23.7. The van der Waals surface area contributed by atoms with E-state index in [2.05, 4.69) is 5.32 Å². The van der Waals surface area contributed by atoms with Crippen molar-refractivity contribution in [1.82, 2.24) is 9.88 Å². The number of nitrogens with zero attached hydrogens (tertiary/aromatic N) is 1. The number of ether oxygens (including phenoxy) is 2. The van der Waals surface area contributed by atoms with Crippen LogP contribution in [0.2, 0.25) is 0 Å². The summed E-state index contributed by atoms with van der Waals surface area (Å²) < 4.78 is 12.1. The third kappa shape index (κ3) is 4.12. The molecular formula is C18H22N2O5. The van der Waals surface area contributed by atoms with Crippen LogP contribution in [0.1, 0.15) is 27.2 Å². The second kappa shape index (κ2) is 7.74. The number of hydrogen-bond acceptors (Lipinski definition) is 4. The zero-order valence-electron chi connectivity index (χ0n) is 14.8. The number of hydrogen-bond donors (Lipinski definition) is 2. The highest BCUT2D eigenvalue weighted by Crippen LogP contribution is 2.24. The molecule has 0 aliphatic heterocycles. The Bertz CT molecular complexity index is 795. The van der Waals surface area contributed by atoms with E-state index < -0.39 is 5.97 Å². The fraction of sp³-hybridized carbons (Fsp3) is 0.333. The highest BCUT2D eigenvalue weighted by Gasteiger charge is 2.20. The Morgan fingerprint density at radius 3 is 2.56 bits per heavy atom. The smallest absolute Gasteiger partial charge is 0.337 e. The lowest BCUT2D eigenvalue weighted by Crippen LogP contribution is -2.26. The molecular weight excluding hydrogens is 324 g/mol. The molecule has 0 saturated carbocycles. The van der Waals surface area contributed by atoms with Crippen molar-refractivity contribution in [3.63, 3.8) is 0 Å². The molecule has 0 fully saturated rings. The first kappa shape index (κ1) is 18.4. The number of carbonyl (C=O) groups is 2. The number of carboxylic acid groups (broad SMARTS) is 1. The summed E-state index contributed by atoms with van der Waals surface area (Å²) in [6.45, 7) is 1.97. The van der Waals surface area contributed by atoms with E-state index in [1.54, 1.807) is 57.2 Å². The van der Waals surface area contributed by atoms with Crippen molar-refractivity contribution in [3.05, 3.63) is 46.8 Å². The Morgan fingerprint density at radius 1 is 1.24 bits per heavy atom. The van der Waals surface area contributed by atoms with E-state index in [1.807, 2.05) is 0 Å². The van der Waals surface area contributed by atoms with E-state index in [4.69, 9.17) is 9.47 Å². The highest BCUT2D eigenvalue weighted by atomic mass is 16.5. The third-order valence-electron chi connectivity index (χ3n) is 4.00. The van der Waals surface area contributed by atoms with Crippen molar-refractivity contribution in [3.8, 4) is 11.5 Å². The molecule has 0 atom stereocenters. The minimum atomic E-state index is -1.03. The van der Waals surface area contributed by atoms with Crippen molar-refractivity contribution in [1.29, 1.82) is 0 Å². The average Bonchev–Trinajstić information content (AvgIpc) is 2.86. The standard InChI is InChI=1S/C18H22N2O5/c1-11-10-20(2)14(17(11)18(22)23)8-16(21)19-9-12-7-13(24-3)5-6-15(12)25-4/h5-7,10H,8-9H2,1-4H3,(H,19,21)(H,22,23). The summed E-state index contributed by atoms with van der Waals surface area (Å²) in [5.74, 6) is 0.00208. The zero-order valence-corrected chi connectivity index (χ0v) is 14.8. The molecule has 1 aromatic heterocycles. The average molecular weight is 346 g/mol. The van der Waals surface area contributed by atoms with Crippen LogP contribution in [0.15, 0.2) is 24.4 Å². The van der Waals surface area contributed by atoms with Gasteiger partial charge in [0.1, 0.15) is 11.5 Å². The molecule has 0 saturated heterocycles. The van der Waals surface area contributed by atoms with Gasteiger partial charge in [0.15, 0.2) is 0 Å². The van der Waals surface area contributed by atoms with Crippen LogP contribution in [-0.4, -0.2) is 35.8 Å². The first-order chi connectivity index (χ1) is 11.9. The SMILES string of the molecule is COc1ccc(OC)c(CNC(=O)Cc2c(C(=O)O)c(C)cn2C)c1. The lowest BCUT2D eigenvalue weighted by molar-refractivity contribution is -0.120. The van der Waals surface area contributed by atoms with E-state index in [9.17, 15) is 14.7 Å². The number of aromatic nitrogens is 1. The maximum absolute atomic E-state index is 12.3. The Kier molecular flexibility index (Phi) is 5.69. The summed E-state index contributed by atoms with van der Waals surface area (Å²) in [5, 5.41) is 12.1. The molecule has 2 aromatic rings. The van der Waals surface area contributed by atoms with Crippen molar-refractivity contribution in [2.24, 2.45) is 7.05 Å². The summed E-state index contributed by atoms with van der Waals surface area (Å²) in [5.41, 5.74) is 2.06. The number of carboxylic acids is 1. The van der Waals surface area contributed by atoms with Gasteiger partial charge in [-0.3, -0.25) is 4.79 Å². The first-order valence-corrected chi connectivity index (χ1v) is 7.73. The van der Waals surface area contributed by atoms with Gasteiger partial charge in [0.25, 0.3) is 0 Å². The minimum absolute atomic E-state index is 0.0156. The largest absolute Gasteiger partial charge is 0.497 e. The summed E-state index contributed by atoms with van der Waals surface area (Å²) in [6.07, 6.45) is 1.69. The fourth-order valence-corrected chi connectivity index (χ4v) is 2.77. The molecule has 134 valence electrons. The summed E-state index contributed by atoms with van der Waals surface area (Å²) in [6, 6.07) is 5.33. The predicted molar refractivity (Wildman–Crippen MR) is 92.2 cm³/mol. The van der Waals surface area contributed by atoms with E-state index in [0.29, 0.717) is 22.8 Å². The van der Waals surface area contributed by atoms with Gasteiger partial charge in [0.05, 0.1) is 26.2 Å². The Balaban J connectivity index is 2.11. The van der Waals surface area contributed by atoms with Gasteiger partial charge in [0.2, 0.25) is 5.91 Å². The monoisotopic (exact) mass is 346 g/mol. The van der Waals surface area contributed by atoms with Crippen LogP contribution in [0.25, 0.3) is 0 Å². The number of aromatic carboxylic acids is 1. The lowest BCUT2D eigenvalue weighted by atomic mass is 10.1. The molecule has 1 heterocycles. The molecule has 0 bridgehead atoms. The van der Waals surface area contributed by atoms with Crippen LogP contribution in [0, 0.1) is 6.92 Å². The number of benzene rings is 1. The molecule has 2 rings (SSSR count). The van der Waals surface area contributed by atoms with Crippen LogP contribution < -0.4 is 14.8 Å². The number of rotatable bonds is 7. The number of aryl methyl sites for hydroxylation is 2. The molecule has 25 heavy (non-hydrogen) atoms. The lowest BCUT2D eigenvalue weighted by Gasteiger charge is -2.12. The molecule has 1 aromatic carbocycles. The quantitative estimate of drug-likeness (QED) is 0.799. The molecule has 0 radical (unpaired) electrons. The van der Waals surface area contributed by atoms with Gasteiger partial charge in [-0.2, -0.15) is 0 Å². The van der Waals surface area contributed by atoms with Crippen molar-refractivity contribution in [2.75, 3.05) is 14.2 Å². The van der Waals surface area contributed by atoms with Gasteiger partial charge < -0.3 is 24.5 Å². The molecule has 7 nitrogen and oxygen atoms in total. The van der Waals surface area contributed by atoms with Gasteiger partial charge in [0, 0.05) is 31.0 Å². The van der Waals surface area contributed by atoms with E-state index in [1.165, 1.54) is 0 Å². The molecule has 0 aliphatic rings. The second-order valence-electron chi connectivity index (χ2n) is 5.68. The van der Waals surface area contributed by atoms with Gasteiger partial charge in [-0.05, 0) is 30.7 Å². The number of methoxy groups -OCH3 is 2. The minimum Gasteiger partial charge on any atom is -0.497 e. The maximum Gasteiger partial charge on any atom is 0.337 e. The van der Waals surface area contributed by atoms with E-state index in [-0.39, 0.29) is 24.4 Å². The van der Waals surface area contributed by atoms with Crippen LogP contribution in [0.4, 0.5) is 0 Å². The Hall–Kier alpha value is -2.96. The van der Waals surface area contributed by atoms with Crippen molar-refractivity contribution in [2.45, 2.75) is 19.9 Å².